The van der Waals surface area contributed by atoms with Gasteiger partial charge in [-0.15, -0.1) is 30.6 Å². The van der Waals surface area contributed by atoms with Gasteiger partial charge in [0.2, 0.25) is 5.91 Å². The van der Waals surface area contributed by atoms with Crippen LogP contribution in [0.15, 0.2) is 17.6 Å². The topological polar surface area (TPSA) is 56.7 Å². The minimum atomic E-state index is -0.466. The summed E-state index contributed by atoms with van der Waals surface area (Å²) in [4.78, 5) is 18.0. The summed E-state index contributed by atoms with van der Waals surface area (Å²) in [5, 5.41) is 5.92. The van der Waals surface area contributed by atoms with Crippen molar-refractivity contribution in [2.75, 3.05) is 34.2 Å². The molecule has 0 unspecified atom stereocenters. The first-order chi connectivity index (χ1) is 8.88. The van der Waals surface area contributed by atoms with Gasteiger partial charge in [-0.1, -0.05) is 6.08 Å². The molecular formula is C14H29IN4O. The Kier molecular flexibility index (Phi) is 11.8. The molecule has 0 saturated heterocycles. The number of rotatable bonds is 7. The van der Waals surface area contributed by atoms with Crippen molar-refractivity contribution in [1.29, 1.82) is 0 Å². The molecule has 0 bridgehead atoms. The predicted molar refractivity (Wildman–Crippen MR) is 96.7 cm³/mol. The smallest absolute Gasteiger partial charge is 0.227 e. The molecule has 0 fully saturated rings. The van der Waals surface area contributed by atoms with Crippen LogP contribution in [0.3, 0.4) is 0 Å². The summed E-state index contributed by atoms with van der Waals surface area (Å²) in [6, 6.07) is 0. The van der Waals surface area contributed by atoms with Crippen LogP contribution in [-0.4, -0.2) is 51.0 Å². The highest BCUT2D eigenvalue weighted by atomic mass is 127. The van der Waals surface area contributed by atoms with E-state index in [4.69, 9.17) is 0 Å². The Bertz CT molecular complexity index is 329. The molecule has 2 N–H and O–H groups in total. The molecule has 20 heavy (non-hydrogen) atoms. The third-order valence-corrected chi connectivity index (χ3v) is 3.01. The standard InChI is InChI=1S/C14H28N4O.HI/c1-7-8-9-10-18(6)13(16-5)17-11-14(2,3)12(19)15-4;/h7H,1,8-11H2,2-6H3,(H,15,19)(H,16,17);1H. The number of aliphatic imine (C=N–C) groups is 1. The van der Waals surface area contributed by atoms with E-state index < -0.39 is 5.41 Å². The highest BCUT2D eigenvalue weighted by molar-refractivity contribution is 14.0. The van der Waals surface area contributed by atoms with Gasteiger partial charge in [-0.25, -0.2) is 0 Å². The van der Waals surface area contributed by atoms with Gasteiger partial charge in [0.25, 0.3) is 0 Å². The Morgan fingerprint density at radius 1 is 1.45 bits per heavy atom. The van der Waals surface area contributed by atoms with Crippen molar-refractivity contribution in [3.63, 3.8) is 0 Å². The van der Waals surface area contributed by atoms with Gasteiger partial charge in [-0.3, -0.25) is 9.79 Å². The third-order valence-electron chi connectivity index (χ3n) is 3.01. The summed E-state index contributed by atoms with van der Waals surface area (Å²) in [5.74, 6) is 0.825. The van der Waals surface area contributed by atoms with Crippen LogP contribution >= 0.6 is 24.0 Å². The minimum absolute atomic E-state index is 0. The average molecular weight is 396 g/mol. The molecule has 6 heteroatoms. The van der Waals surface area contributed by atoms with Crippen molar-refractivity contribution in [2.45, 2.75) is 26.7 Å². The fraction of sp³-hybridized carbons (Fsp3) is 0.714. The second-order valence-corrected chi connectivity index (χ2v) is 5.22. The van der Waals surface area contributed by atoms with Crippen LogP contribution in [0, 0.1) is 5.41 Å². The van der Waals surface area contributed by atoms with E-state index in [0.717, 1.165) is 25.3 Å². The number of amides is 1. The van der Waals surface area contributed by atoms with Gasteiger partial charge in [0, 0.05) is 34.2 Å². The first kappa shape index (κ1) is 21.5. The predicted octanol–water partition coefficient (Wildman–Crippen LogP) is 1.85. The van der Waals surface area contributed by atoms with Gasteiger partial charge in [-0.2, -0.15) is 0 Å². The number of unbranched alkanes of at least 4 members (excludes halogenated alkanes) is 1. The summed E-state index contributed by atoms with van der Waals surface area (Å²) >= 11 is 0. The molecule has 0 rings (SSSR count). The van der Waals surface area contributed by atoms with Crippen LogP contribution in [-0.2, 0) is 4.79 Å². The number of hydrogen-bond donors (Lipinski definition) is 2. The molecule has 0 aromatic rings. The molecule has 0 spiro atoms. The van der Waals surface area contributed by atoms with E-state index in [2.05, 4.69) is 27.1 Å². The van der Waals surface area contributed by atoms with Gasteiger partial charge < -0.3 is 15.5 Å². The quantitative estimate of drug-likeness (QED) is 0.227. The van der Waals surface area contributed by atoms with E-state index >= 15 is 0 Å². The normalized spacial score (nSPS) is 11.3. The number of guanidine groups is 1. The zero-order chi connectivity index (χ0) is 14.9. The van der Waals surface area contributed by atoms with E-state index in [0.29, 0.717) is 6.54 Å². The molecule has 0 atom stereocenters. The second kappa shape index (κ2) is 10.9. The summed E-state index contributed by atoms with van der Waals surface area (Å²) in [5.41, 5.74) is -0.466. The van der Waals surface area contributed by atoms with E-state index in [9.17, 15) is 4.79 Å². The van der Waals surface area contributed by atoms with Gasteiger partial charge in [0.15, 0.2) is 5.96 Å². The number of allylic oxidation sites excluding steroid dienone is 1. The van der Waals surface area contributed by atoms with E-state index in [1.54, 1.807) is 14.1 Å². The number of carbonyl (C=O) groups is 1. The third kappa shape index (κ3) is 7.72. The molecular weight excluding hydrogens is 367 g/mol. The SMILES string of the molecule is C=CCCCN(C)C(=NC)NCC(C)(C)C(=O)NC.I. The molecule has 0 aromatic carbocycles. The lowest BCUT2D eigenvalue weighted by Gasteiger charge is -2.27. The molecule has 1 amide bonds. The van der Waals surface area contributed by atoms with Crippen LogP contribution in [0.4, 0.5) is 0 Å². The Morgan fingerprint density at radius 2 is 2.05 bits per heavy atom. The Labute approximate surface area is 140 Å². The molecule has 0 aliphatic rings. The lowest BCUT2D eigenvalue weighted by molar-refractivity contribution is -0.128. The molecule has 0 aliphatic carbocycles. The van der Waals surface area contributed by atoms with Crippen molar-refractivity contribution in [3.8, 4) is 0 Å². The Balaban J connectivity index is 0. The van der Waals surface area contributed by atoms with Gasteiger partial charge in [0.1, 0.15) is 0 Å². The van der Waals surface area contributed by atoms with Gasteiger partial charge >= 0.3 is 0 Å². The molecule has 118 valence electrons. The number of halogens is 1. The molecule has 0 saturated carbocycles. The molecule has 5 nitrogen and oxygen atoms in total. The zero-order valence-electron chi connectivity index (χ0n) is 13.3. The van der Waals surface area contributed by atoms with Gasteiger partial charge in [-0.05, 0) is 26.7 Å². The number of nitrogens with one attached hydrogen (secondary N) is 2. The summed E-state index contributed by atoms with van der Waals surface area (Å²) < 4.78 is 0. The lowest BCUT2D eigenvalue weighted by atomic mass is 9.92. The summed E-state index contributed by atoms with van der Waals surface area (Å²) in [7, 11) is 5.39. The van der Waals surface area contributed by atoms with Crippen molar-refractivity contribution in [1.82, 2.24) is 15.5 Å². The van der Waals surface area contributed by atoms with Crippen molar-refractivity contribution in [2.24, 2.45) is 10.4 Å². The first-order valence-corrected chi connectivity index (χ1v) is 6.64. The largest absolute Gasteiger partial charge is 0.359 e. The van der Waals surface area contributed by atoms with Gasteiger partial charge in [0.05, 0.1) is 5.41 Å². The summed E-state index contributed by atoms with van der Waals surface area (Å²) in [6.45, 7) is 8.98. The number of hydrogen-bond acceptors (Lipinski definition) is 2. The molecule has 0 heterocycles. The summed E-state index contributed by atoms with van der Waals surface area (Å²) in [6.07, 6.45) is 3.95. The fourth-order valence-electron chi connectivity index (χ4n) is 1.68. The Hall–Kier alpha value is -0.790. The van der Waals surface area contributed by atoms with E-state index in [1.165, 1.54) is 0 Å². The molecule has 0 aliphatic heterocycles. The second-order valence-electron chi connectivity index (χ2n) is 5.22. The monoisotopic (exact) mass is 396 g/mol. The fourth-order valence-corrected chi connectivity index (χ4v) is 1.68. The van der Waals surface area contributed by atoms with E-state index in [1.807, 2.05) is 27.0 Å². The molecule has 0 aromatic heterocycles. The average Bonchev–Trinajstić information content (AvgIpc) is 2.38. The van der Waals surface area contributed by atoms with E-state index in [-0.39, 0.29) is 29.9 Å². The highest BCUT2D eigenvalue weighted by Gasteiger charge is 2.26. The van der Waals surface area contributed by atoms with Crippen LogP contribution in [0.25, 0.3) is 0 Å². The maximum absolute atomic E-state index is 11.7. The minimum Gasteiger partial charge on any atom is -0.359 e. The molecule has 0 radical (unpaired) electrons. The van der Waals surface area contributed by atoms with Crippen LogP contribution in [0.5, 0.6) is 0 Å². The maximum atomic E-state index is 11.7. The zero-order valence-corrected chi connectivity index (χ0v) is 15.7. The van der Waals surface area contributed by atoms with Crippen LogP contribution in [0.1, 0.15) is 26.7 Å². The van der Waals surface area contributed by atoms with Crippen molar-refractivity contribution >= 4 is 35.8 Å². The first-order valence-electron chi connectivity index (χ1n) is 6.64. The van der Waals surface area contributed by atoms with Crippen molar-refractivity contribution in [3.05, 3.63) is 12.7 Å². The van der Waals surface area contributed by atoms with Crippen LogP contribution in [0.2, 0.25) is 0 Å². The maximum Gasteiger partial charge on any atom is 0.227 e. The van der Waals surface area contributed by atoms with Crippen LogP contribution < -0.4 is 10.6 Å². The number of carbonyl (C=O) groups excluding carboxylic acids is 1. The lowest BCUT2D eigenvalue weighted by Crippen LogP contribution is -2.47. The Morgan fingerprint density at radius 3 is 2.50 bits per heavy atom. The van der Waals surface area contributed by atoms with Crippen molar-refractivity contribution < 1.29 is 4.79 Å². The highest BCUT2D eigenvalue weighted by Crippen LogP contribution is 2.13. The number of nitrogens with zero attached hydrogens (tertiary/aromatic N) is 2.